The van der Waals surface area contributed by atoms with E-state index in [2.05, 4.69) is 10.0 Å². The fourth-order valence-electron chi connectivity index (χ4n) is 1.53. The van der Waals surface area contributed by atoms with Crippen molar-refractivity contribution in [1.82, 2.24) is 10.0 Å². The first kappa shape index (κ1) is 17.4. The molecule has 0 aliphatic heterocycles. The van der Waals surface area contributed by atoms with Crippen molar-refractivity contribution in [3.63, 3.8) is 0 Å². The van der Waals surface area contributed by atoms with Crippen LogP contribution in [0, 0.1) is 5.82 Å². The maximum absolute atomic E-state index is 13.9. The standard InChI is InChI=1S/C13H21FN2O2S2/c1-4-15-9-11-5-6-13(12(14)7-11)20(17,18)16-8-10(2)19-3/h5-7,10,15-16H,4,8-9H2,1-3H3. The molecule has 0 aliphatic rings. The zero-order valence-electron chi connectivity index (χ0n) is 11.9. The maximum Gasteiger partial charge on any atom is 0.243 e. The molecule has 0 saturated heterocycles. The van der Waals surface area contributed by atoms with Gasteiger partial charge in [0, 0.05) is 18.3 Å². The Labute approximate surface area is 124 Å². The van der Waals surface area contributed by atoms with E-state index in [1.54, 1.807) is 17.8 Å². The molecule has 0 bridgehead atoms. The molecule has 0 aromatic heterocycles. The number of benzene rings is 1. The molecule has 0 spiro atoms. The van der Waals surface area contributed by atoms with Gasteiger partial charge >= 0.3 is 0 Å². The molecular weight excluding hydrogens is 299 g/mol. The van der Waals surface area contributed by atoms with Gasteiger partial charge in [-0.2, -0.15) is 11.8 Å². The van der Waals surface area contributed by atoms with E-state index in [1.807, 2.05) is 20.1 Å². The quantitative estimate of drug-likeness (QED) is 0.769. The van der Waals surface area contributed by atoms with Crippen LogP contribution in [0.1, 0.15) is 19.4 Å². The van der Waals surface area contributed by atoms with Crippen LogP contribution in [0.3, 0.4) is 0 Å². The topological polar surface area (TPSA) is 58.2 Å². The van der Waals surface area contributed by atoms with Gasteiger partial charge in [0.2, 0.25) is 10.0 Å². The van der Waals surface area contributed by atoms with Crippen molar-refractivity contribution in [1.29, 1.82) is 0 Å². The summed E-state index contributed by atoms with van der Waals surface area (Å²) in [6, 6.07) is 4.20. The van der Waals surface area contributed by atoms with Crippen molar-refractivity contribution in [3.05, 3.63) is 29.6 Å². The van der Waals surface area contributed by atoms with E-state index in [4.69, 9.17) is 0 Å². The average molecular weight is 320 g/mol. The molecule has 0 saturated carbocycles. The van der Waals surface area contributed by atoms with Crippen LogP contribution in [-0.4, -0.2) is 33.0 Å². The average Bonchev–Trinajstić information content (AvgIpc) is 2.42. The normalized spacial score (nSPS) is 13.4. The molecule has 1 atom stereocenters. The van der Waals surface area contributed by atoms with Crippen LogP contribution in [0.4, 0.5) is 4.39 Å². The van der Waals surface area contributed by atoms with Crippen LogP contribution in [0.2, 0.25) is 0 Å². The van der Waals surface area contributed by atoms with E-state index in [0.717, 1.165) is 12.1 Å². The maximum atomic E-state index is 13.9. The van der Waals surface area contributed by atoms with Crippen molar-refractivity contribution in [2.24, 2.45) is 0 Å². The fourth-order valence-corrected chi connectivity index (χ4v) is 3.07. The summed E-state index contributed by atoms with van der Waals surface area (Å²) in [7, 11) is -3.79. The van der Waals surface area contributed by atoms with E-state index in [0.29, 0.717) is 6.54 Å². The molecule has 0 aliphatic carbocycles. The van der Waals surface area contributed by atoms with Crippen molar-refractivity contribution in [3.8, 4) is 0 Å². The Morgan fingerprint density at radius 1 is 1.40 bits per heavy atom. The van der Waals surface area contributed by atoms with Crippen LogP contribution in [0.15, 0.2) is 23.1 Å². The predicted octanol–water partition coefficient (Wildman–Crippen LogP) is 1.97. The number of thioether (sulfide) groups is 1. The molecule has 1 unspecified atom stereocenters. The highest BCUT2D eigenvalue weighted by atomic mass is 32.2. The molecule has 0 radical (unpaired) electrons. The molecule has 20 heavy (non-hydrogen) atoms. The minimum absolute atomic E-state index is 0.140. The Kier molecular flexibility index (Phi) is 6.94. The van der Waals surface area contributed by atoms with Crippen LogP contribution >= 0.6 is 11.8 Å². The third-order valence-electron chi connectivity index (χ3n) is 2.83. The lowest BCUT2D eigenvalue weighted by Crippen LogP contribution is -2.30. The van der Waals surface area contributed by atoms with Crippen LogP contribution in [-0.2, 0) is 16.6 Å². The lowest BCUT2D eigenvalue weighted by Gasteiger charge is -2.12. The van der Waals surface area contributed by atoms with E-state index in [-0.39, 0.29) is 16.7 Å². The smallest absolute Gasteiger partial charge is 0.243 e. The summed E-state index contributed by atoms with van der Waals surface area (Å²) in [6.45, 7) is 5.43. The Bertz CT molecular complexity index is 535. The SMILES string of the molecule is CCNCc1ccc(S(=O)(=O)NCC(C)SC)c(F)c1. The third-order valence-corrected chi connectivity index (χ3v) is 5.26. The molecule has 4 nitrogen and oxygen atoms in total. The van der Waals surface area contributed by atoms with E-state index < -0.39 is 15.8 Å². The molecule has 7 heteroatoms. The number of hydrogen-bond donors (Lipinski definition) is 2. The summed E-state index contributed by atoms with van der Waals surface area (Å²) < 4.78 is 40.4. The van der Waals surface area contributed by atoms with Gasteiger partial charge in [-0.15, -0.1) is 0 Å². The van der Waals surface area contributed by atoms with Gasteiger partial charge in [-0.05, 0) is 30.5 Å². The first-order valence-corrected chi connectivity index (χ1v) is 9.19. The molecule has 2 N–H and O–H groups in total. The summed E-state index contributed by atoms with van der Waals surface area (Å²) in [5.41, 5.74) is 0.723. The highest BCUT2D eigenvalue weighted by molar-refractivity contribution is 7.99. The zero-order valence-corrected chi connectivity index (χ0v) is 13.6. The minimum Gasteiger partial charge on any atom is -0.313 e. The van der Waals surface area contributed by atoms with Gasteiger partial charge in [0.15, 0.2) is 0 Å². The number of hydrogen-bond acceptors (Lipinski definition) is 4. The van der Waals surface area contributed by atoms with E-state index in [9.17, 15) is 12.8 Å². The molecule has 1 aromatic rings. The van der Waals surface area contributed by atoms with Crippen molar-refractivity contribution >= 4 is 21.8 Å². The molecule has 0 amide bonds. The predicted molar refractivity (Wildman–Crippen MR) is 81.9 cm³/mol. The Morgan fingerprint density at radius 2 is 2.10 bits per heavy atom. The Balaban J connectivity index is 2.84. The Morgan fingerprint density at radius 3 is 2.65 bits per heavy atom. The second kappa shape index (κ2) is 7.97. The first-order chi connectivity index (χ1) is 9.40. The highest BCUT2D eigenvalue weighted by Gasteiger charge is 2.19. The fraction of sp³-hybridized carbons (Fsp3) is 0.538. The van der Waals surface area contributed by atoms with Gasteiger partial charge in [0.25, 0.3) is 0 Å². The van der Waals surface area contributed by atoms with Crippen LogP contribution < -0.4 is 10.0 Å². The van der Waals surface area contributed by atoms with Gasteiger partial charge in [0.05, 0.1) is 0 Å². The number of rotatable bonds is 8. The van der Waals surface area contributed by atoms with Crippen LogP contribution in [0.25, 0.3) is 0 Å². The summed E-state index contributed by atoms with van der Waals surface area (Å²) in [6.07, 6.45) is 1.90. The summed E-state index contributed by atoms with van der Waals surface area (Å²) in [4.78, 5) is -0.300. The van der Waals surface area contributed by atoms with E-state index >= 15 is 0 Å². The summed E-state index contributed by atoms with van der Waals surface area (Å²) >= 11 is 1.55. The minimum atomic E-state index is -3.79. The highest BCUT2D eigenvalue weighted by Crippen LogP contribution is 2.16. The second-order valence-electron chi connectivity index (χ2n) is 4.44. The van der Waals surface area contributed by atoms with Crippen LogP contribution in [0.5, 0.6) is 0 Å². The van der Waals surface area contributed by atoms with Gasteiger partial charge in [-0.1, -0.05) is 19.9 Å². The van der Waals surface area contributed by atoms with Gasteiger partial charge in [-0.3, -0.25) is 0 Å². The third kappa shape index (κ3) is 5.05. The number of sulfonamides is 1. The molecule has 114 valence electrons. The first-order valence-electron chi connectivity index (χ1n) is 6.42. The monoisotopic (exact) mass is 320 g/mol. The van der Waals surface area contributed by atoms with Crippen molar-refractivity contribution in [2.75, 3.05) is 19.3 Å². The van der Waals surface area contributed by atoms with Crippen molar-refractivity contribution < 1.29 is 12.8 Å². The largest absolute Gasteiger partial charge is 0.313 e. The van der Waals surface area contributed by atoms with Gasteiger partial charge in [-0.25, -0.2) is 17.5 Å². The summed E-state index contributed by atoms with van der Waals surface area (Å²) in [5, 5.41) is 3.20. The number of halogens is 1. The van der Waals surface area contributed by atoms with Gasteiger partial charge < -0.3 is 5.32 Å². The number of nitrogens with one attached hydrogen (secondary N) is 2. The summed E-state index contributed by atoms with van der Waals surface area (Å²) in [5.74, 6) is -0.718. The molecule has 0 heterocycles. The van der Waals surface area contributed by atoms with E-state index in [1.165, 1.54) is 12.1 Å². The molecular formula is C13H21FN2O2S2. The van der Waals surface area contributed by atoms with Gasteiger partial charge in [0.1, 0.15) is 10.7 Å². The lowest BCUT2D eigenvalue weighted by atomic mass is 10.2. The lowest BCUT2D eigenvalue weighted by molar-refractivity contribution is 0.555. The molecule has 1 rings (SSSR count). The molecule has 1 aromatic carbocycles. The Hall–Kier alpha value is -0.630. The van der Waals surface area contributed by atoms with Crippen molar-refractivity contribution in [2.45, 2.75) is 30.5 Å². The second-order valence-corrected chi connectivity index (χ2v) is 7.45. The molecule has 0 fully saturated rings. The zero-order chi connectivity index (χ0) is 15.2.